The summed E-state index contributed by atoms with van der Waals surface area (Å²) in [5.74, 6) is 0.761. The van der Waals surface area contributed by atoms with Crippen LogP contribution in [-0.2, 0) is 0 Å². The van der Waals surface area contributed by atoms with Crippen LogP contribution in [0.4, 0.5) is 0 Å². The van der Waals surface area contributed by atoms with Crippen LogP contribution in [-0.4, -0.2) is 0 Å². The molecule has 0 heteroatoms. The Bertz CT molecular complexity index is 156. The van der Waals surface area contributed by atoms with Gasteiger partial charge in [-0.15, -0.1) is 0 Å². The lowest BCUT2D eigenvalue weighted by atomic mass is 9.94. The van der Waals surface area contributed by atoms with Crippen molar-refractivity contribution in [1.29, 1.82) is 0 Å². The molecule has 0 amide bonds. The van der Waals surface area contributed by atoms with Crippen molar-refractivity contribution in [3.63, 3.8) is 0 Å². The van der Waals surface area contributed by atoms with Crippen molar-refractivity contribution in [2.75, 3.05) is 0 Å². The standard InChI is InChI=1S/C10H16.H2/c1-3-9(2)10-7-5-4-6-8-10;/h5,7-9H,3-4,6H2,1-2H3;1H. The molecule has 0 aromatic rings. The van der Waals surface area contributed by atoms with E-state index in [0.29, 0.717) is 0 Å². The second-order valence-corrected chi connectivity index (χ2v) is 2.99. The van der Waals surface area contributed by atoms with Crippen molar-refractivity contribution in [2.45, 2.75) is 33.1 Å². The van der Waals surface area contributed by atoms with E-state index >= 15 is 0 Å². The van der Waals surface area contributed by atoms with Crippen molar-refractivity contribution < 1.29 is 1.43 Å². The number of rotatable bonds is 2. The van der Waals surface area contributed by atoms with Crippen LogP contribution in [0.15, 0.2) is 23.8 Å². The smallest absolute Gasteiger partial charge is 0 e. The fourth-order valence-corrected chi connectivity index (χ4v) is 1.23. The minimum absolute atomic E-state index is 0. The molecule has 1 unspecified atom stereocenters. The summed E-state index contributed by atoms with van der Waals surface area (Å²) in [5, 5.41) is 0. The highest BCUT2D eigenvalue weighted by Gasteiger charge is 2.03. The van der Waals surface area contributed by atoms with Crippen LogP contribution < -0.4 is 0 Å². The molecule has 0 spiro atoms. The quantitative estimate of drug-likeness (QED) is 0.547. The molecule has 0 aliphatic heterocycles. The summed E-state index contributed by atoms with van der Waals surface area (Å²) < 4.78 is 0. The first-order valence-corrected chi connectivity index (χ1v) is 4.21. The van der Waals surface area contributed by atoms with Gasteiger partial charge in [0, 0.05) is 1.43 Å². The van der Waals surface area contributed by atoms with Crippen molar-refractivity contribution in [1.82, 2.24) is 0 Å². The summed E-state index contributed by atoms with van der Waals surface area (Å²) in [5.41, 5.74) is 1.54. The Morgan fingerprint density at radius 2 is 2.40 bits per heavy atom. The molecular weight excluding hydrogens is 120 g/mol. The van der Waals surface area contributed by atoms with Gasteiger partial charge < -0.3 is 0 Å². The van der Waals surface area contributed by atoms with Crippen molar-refractivity contribution >= 4 is 0 Å². The first-order valence-electron chi connectivity index (χ1n) is 4.21. The highest BCUT2D eigenvalue weighted by Crippen LogP contribution is 2.20. The summed E-state index contributed by atoms with van der Waals surface area (Å²) in [6.45, 7) is 4.54. The van der Waals surface area contributed by atoms with Crippen LogP contribution in [0.1, 0.15) is 34.5 Å². The van der Waals surface area contributed by atoms with Gasteiger partial charge in [-0.25, -0.2) is 0 Å². The van der Waals surface area contributed by atoms with Crippen LogP contribution in [0.3, 0.4) is 0 Å². The number of hydrogen-bond donors (Lipinski definition) is 0. The molecule has 1 atom stereocenters. The normalized spacial score (nSPS) is 20.4. The van der Waals surface area contributed by atoms with Gasteiger partial charge in [0.1, 0.15) is 0 Å². The topological polar surface area (TPSA) is 0 Å². The predicted molar refractivity (Wildman–Crippen MR) is 48.0 cm³/mol. The maximum absolute atomic E-state index is 2.37. The van der Waals surface area contributed by atoms with Crippen molar-refractivity contribution in [3.05, 3.63) is 23.8 Å². The average molecular weight is 138 g/mol. The van der Waals surface area contributed by atoms with Crippen LogP contribution in [0.5, 0.6) is 0 Å². The summed E-state index contributed by atoms with van der Waals surface area (Å²) in [6, 6.07) is 0. The molecule has 0 nitrogen and oxygen atoms in total. The van der Waals surface area contributed by atoms with Crippen LogP contribution in [0.25, 0.3) is 0 Å². The second kappa shape index (κ2) is 3.60. The molecule has 0 bridgehead atoms. The Kier molecular flexibility index (Phi) is 2.73. The molecule has 0 fully saturated rings. The molecule has 0 N–H and O–H groups in total. The highest BCUT2D eigenvalue weighted by atomic mass is 14.1. The lowest BCUT2D eigenvalue weighted by Crippen LogP contribution is -1.96. The third kappa shape index (κ3) is 1.73. The molecule has 0 aromatic heterocycles. The lowest BCUT2D eigenvalue weighted by Gasteiger charge is -2.12. The Morgan fingerprint density at radius 3 is 2.90 bits per heavy atom. The van der Waals surface area contributed by atoms with E-state index < -0.39 is 0 Å². The van der Waals surface area contributed by atoms with Gasteiger partial charge in [-0.1, -0.05) is 32.1 Å². The Balaban J connectivity index is 0.000001000. The van der Waals surface area contributed by atoms with Gasteiger partial charge in [0.25, 0.3) is 0 Å². The van der Waals surface area contributed by atoms with Crippen molar-refractivity contribution in [3.8, 4) is 0 Å². The minimum atomic E-state index is 0. The molecule has 1 aliphatic carbocycles. The Labute approximate surface area is 65.1 Å². The second-order valence-electron chi connectivity index (χ2n) is 2.99. The molecule has 1 rings (SSSR count). The molecule has 0 radical (unpaired) electrons. The summed E-state index contributed by atoms with van der Waals surface area (Å²) in [6.07, 6.45) is 10.7. The minimum Gasteiger partial charge on any atom is -0.0840 e. The predicted octanol–water partition coefficient (Wildman–Crippen LogP) is 3.55. The highest BCUT2D eigenvalue weighted by molar-refractivity contribution is 5.23. The summed E-state index contributed by atoms with van der Waals surface area (Å²) in [4.78, 5) is 0. The maximum Gasteiger partial charge on any atom is 0 e. The van der Waals surface area contributed by atoms with E-state index in [9.17, 15) is 0 Å². The van der Waals surface area contributed by atoms with E-state index in [4.69, 9.17) is 0 Å². The number of hydrogen-bond acceptors (Lipinski definition) is 0. The van der Waals surface area contributed by atoms with Crippen LogP contribution >= 0.6 is 0 Å². The van der Waals surface area contributed by atoms with E-state index in [1.165, 1.54) is 24.8 Å². The fraction of sp³-hybridized carbons (Fsp3) is 0.600. The van der Waals surface area contributed by atoms with E-state index in [1.807, 2.05) is 0 Å². The summed E-state index contributed by atoms with van der Waals surface area (Å²) in [7, 11) is 0. The van der Waals surface area contributed by atoms with Gasteiger partial charge in [-0.05, 0) is 30.8 Å². The average Bonchev–Trinajstić information content (AvgIpc) is 2.05. The van der Waals surface area contributed by atoms with Crippen LogP contribution in [0, 0.1) is 5.92 Å². The lowest BCUT2D eigenvalue weighted by molar-refractivity contribution is 0.662. The first kappa shape index (κ1) is 7.59. The monoisotopic (exact) mass is 138 g/mol. The molecule has 1 aliphatic rings. The number of allylic oxidation sites excluding steroid dienone is 4. The van der Waals surface area contributed by atoms with Gasteiger partial charge in [0.15, 0.2) is 0 Å². The van der Waals surface area contributed by atoms with Gasteiger partial charge in [-0.2, -0.15) is 0 Å². The first-order chi connectivity index (χ1) is 4.84. The largest absolute Gasteiger partial charge is 0.0840 e. The molecule has 58 valence electrons. The van der Waals surface area contributed by atoms with E-state index in [0.717, 1.165) is 5.92 Å². The van der Waals surface area contributed by atoms with Crippen LogP contribution in [0.2, 0.25) is 0 Å². The maximum atomic E-state index is 2.37. The molecule has 0 heterocycles. The van der Waals surface area contributed by atoms with Gasteiger partial charge >= 0.3 is 0 Å². The Hall–Kier alpha value is -0.520. The van der Waals surface area contributed by atoms with Gasteiger partial charge in [0.2, 0.25) is 0 Å². The van der Waals surface area contributed by atoms with Crippen molar-refractivity contribution in [2.24, 2.45) is 5.92 Å². The third-order valence-electron chi connectivity index (χ3n) is 2.21. The van der Waals surface area contributed by atoms with Gasteiger partial charge in [-0.3, -0.25) is 0 Å². The summed E-state index contributed by atoms with van der Waals surface area (Å²) >= 11 is 0. The molecule has 0 saturated heterocycles. The van der Waals surface area contributed by atoms with E-state index in [2.05, 4.69) is 32.1 Å². The fourth-order valence-electron chi connectivity index (χ4n) is 1.23. The van der Waals surface area contributed by atoms with E-state index in [-0.39, 0.29) is 1.43 Å². The third-order valence-corrected chi connectivity index (χ3v) is 2.21. The molecule has 10 heavy (non-hydrogen) atoms. The molecular formula is C10H18. The van der Waals surface area contributed by atoms with E-state index in [1.54, 1.807) is 0 Å². The zero-order chi connectivity index (χ0) is 7.40. The molecule has 0 saturated carbocycles. The Morgan fingerprint density at radius 1 is 1.60 bits per heavy atom. The molecule has 0 aromatic carbocycles. The van der Waals surface area contributed by atoms with Gasteiger partial charge in [0.05, 0.1) is 0 Å². The zero-order valence-electron chi connectivity index (χ0n) is 6.93. The zero-order valence-corrected chi connectivity index (χ0v) is 6.93. The SMILES string of the molecule is CCC(C)C1=CCCC=C1.[HH].